The molecule has 1 heterocycles. The Labute approximate surface area is 75.8 Å². The van der Waals surface area contributed by atoms with Gasteiger partial charge >= 0.3 is 4.87 Å². The van der Waals surface area contributed by atoms with Gasteiger partial charge in [0.1, 0.15) is 0 Å². The van der Waals surface area contributed by atoms with Gasteiger partial charge in [0.25, 0.3) is 0 Å². The summed E-state index contributed by atoms with van der Waals surface area (Å²) in [6, 6.07) is 0. The third-order valence-electron chi connectivity index (χ3n) is 2.65. The second-order valence-corrected chi connectivity index (χ2v) is 4.31. The highest BCUT2D eigenvalue weighted by molar-refractivity contribution is 7.07. The highest BCUT2D eigenvalue weighted by Crippen LogP contribution is 2.29. The number of aryl methyl sites for hydroxylation is 1. The fourth-order valence-corrected chi connectivity index (χ4v) is 2.17. The van der Waals surface area contributed by atoms with Crippen molar-refractivity contribution in [2.75, 3.05) is 0 Å². The van der Waals surface area contributed by atoms with Crippen molar-refractivity contribution in [2.45, 2.75) is 32.2 Å². The maximum atomic E-state index is 11.1. The molecule has 0 bridgehead atoms. The van der Waals surface area contributed by atoms with Crippen LogP contribution >= 0.6 is 11.3 Å². The van der Waals surface area contributed by atoms with Crippen LogP contribution in [0.5, 0.6) is 0 Å². The topological polar surface area (TPSA) is 22.0 Å². The van der Waals surface area contributed by atoms with Gasteiger partial charge < -0.3 is 4.57 Å². The molecule has 0 aromatic carbocycles. The predicted octanol–water partition coefficient (Wildman–Crippen LogP) is 2.10. The SMILES string of the molecule is O=c1sccn1CCC1CCC1. The molecular formula is C9H13NOS. The molecule has 3 heteroatoms. The molecule has 1 aliphatic rings. The zero-order chi connectivity index (χ0) is 8.39. The Morgan fingerprint density at radius 1 is 1.58 bits per heavy atom. The lowest BCUT2D eigenvalue weighted by Crippen LogP contribution is -2.18. The fraction of sp³-hybridized carbons (Fsp3) is 0.667. The van der Waals surface area contributed by atoms with Crippen molar-refractivity contribution >= 4 is 11.3 Å². The summed E-state index contributed by atoms with van der Waals surface area (Å²) in [7, 11) is 0. The number of hydrogen-bond donors (Lipinski definition) is 0. The minimum Gasteiger partial charge on any atom is -0.306 e. The third kappa shape index (κ3) is 1.61. The van der Waals surface area contributed by atoms with E-state index in [-0.39, 0.29) is 4.87 Å². The summed E-state index contributed by atoms with van der Waals surface area (Å²) in [6.45, 7) is 0.924. The van der Waals surface area contributed by atoms with E-state index in [9.17, 15) is 4.79 Å². The first-order valence-corrected chi connectivity index (χ1v) is 5.38. The van der Waals surface area contributed by atoms with Gasteiger partial charge in [-0.1, -0.05) is 30.6 Å². The number of rotatable bonds is 3. The lowest BCUT2D eigenvalue weighted by atomic mass is 9.83. The molecule has 1 saturated carbocycles. The Morgan fingerprint density at radius 2 is 2.42 bits per heavy atom. The minimum absolute atomic E-state index is 0.189. The van der Waals surface area contributed by atoms with Crippen LogP contribution in [0.3, 0.4) is 0 Å². The van der Waals surface area contributed by atoms with Gasteiger partial charge in [-0.25, -0.2) is 0 Å². The molecule has 0 aliphatic heterocycles. The molecule has 1 fully saturated rings. The summed E-state index contributed by atoms with van der Waals surface area (Å²) in [4.78, 5) is 11.3. The van der Waals surface area contributed by atoms with Gasteiger partial charge in [-0.05, 0) is 12.3 Å². The van der Waals surface area contributed by atoms with Crippen LogP contribution in [-0.2, 0) is 6.54 Å². The summed E-state index contributed by atoms with van der Waals surface area (Å²) in [5, 5.41) is 1.86. The maximum Gasteiger partial charge on any atom is 0.307 e. The molecule has 2 nitrogen and oxygen atoms in total. The first-order valence-electron chi connectivity index (χ1n) is 4.50. The highest BCUT2D eigenvalue weighted by atomic mass is 32.1. The van der Waals surface area contributed by atoms with Crippen LogP contribution in [0.2, 0.25) is 0 Å². The van der Waals surface area contributed by atoms with Crippen molar-refractivity contribution in [1.82, 2.24) is 4.57 Å². The van der Waals surface area contributed by atoms with E-state index in [0.29, 0.717) is 0 Å². The first kappa shape index (κ1) is 8.05. The second-order valence-electron chi connectivity index (χ2n) is 3.45. The molecule has 0 atom stereocenters. The summed E-state index contributed by atoms with van der Waals surface area (Å²) in [6.07, 6.45) is 7.23. The van der Waals surface area contributed by atoms with Crippen LogP contribution in [0.25, 0.3) is 0 Å². The van der Waals surface area contributed by atoms with Crippen LogP contribution in [0.4, 0.5) is 0 Å². The Kier molecular flexibility index (Phi) is 2.30. The van der Waals surface area contributed by atoms with Crippen molar-refractivity contribution in [3.8, 4) is 0 Å². The number of hydrogen-bond acceptors (Lipinski definition) is 2. The van der Waals surface area contributed by atoms with E-state index in [2.05, 4.69) is 0 Å². The van der Waals surface area contributed by atoms with Gasteiger partial charge in [0.15, 0.2) is 0 Å². The summed E-state index contributed by atoms with van der Waals surface area (Å²) < 4.78 is 1.82. The number of nitrogens with zero attached hydrogens (tertiary/aromatic N) is 1. The molecule has 66 valence electrons. The van der Waals surface area contributed by atoms with Crippen molar-refractivity contribution < 1.29 is 0 Å². The van der Waals surface area contributed by atoms with Crippen molar-refractivity contribution in [1.29, 1.82) is 0 Å². The van der Waals surface area contributed by atoms with E-state index in [0.717, 1.165) is 12.5 Å². The van der Waals surface area contributed by atoms with E-state index in [4.69, 9.17) is 0 Å². The first-order chi connectivity index (χ1) is 5.86. The predicted molar refractivity (Wildman–Crippen MR) is 50.5 cm³/mol. The molecular weight excluding hydrogens is 170 g/mol. The van der Waals surface area contributed by atoms with Gasteiger partial charge in [0, 0.05) is 18.1 Å². The summed E-state index contributed by atoms with van der Waals surface area (Å²) >= 11 is 1.29. The van der Waals surface area contributed by atoms with Crippen molar-refractivity contribution in [3.63, 3.8) is 0 Å². The molecule has 12 heavy (non-hydrogen) atoms. The van der Waals surface area contributed by atoms with Crippen LogP contribution in [0, 0.1) is 5.92 Å². The number of thiazole rings is 1. The molecule has 0 amide bonds. The quantitative estimate of drug-likeness (QED) is 0.703. The van der Waals surface area contributed by atoms with Gasteiger partial charge in [0.2, 0.25) is 0 Å². The molecule has 0 unspecified atom stereocenters. The zero-order valence-corrected chi connectivity index (χ0v) is 7.85. The molecule has 1 aromatic heterocycles. The van der Waals surface area contributed by atoms with Crippen molar-refractivity contribution in [2.24, 2.45) is 5.92 Å². The minimum atomic E-state index is 0.189. The second kappa shape index (κ2) is 3.44. The van der Waals surface area contributed by atoms with E-state index in [1.165, 1.54) is 37.0 Å². The molecule has 0 radical (unpaired) electrons. The zero-order valence-electron chi connectivity index (χ0n) is 7.03. The van der Waals surface area contributed by atoms with Gasteiger partial charge in [-0.3, -0.25) is 4.79 Å². The van der Waals surface area contributed by atoms with Crippen LogP contribution in [0.15, 0.2) is 16.4 Å². The monoisotopic (exact) mass is 183 g/mol. The normalized spacial score (nSPS) is 17.7. The third-order valence-corrected chi connectivity index (χ3v) is 3.34. The Morgan fingerprint density at radius 3 is 2.92 bits per heavy atom. The summed E-state index contributed by atoms with van der Waals surface area (Å²) in [5.41, 5.74) is 0. The number of aromatic nitrogens is 1. The standard InChI is InChI=1S/C9H13NOS/c11-9-10(6-7-12-9)5-4-8-2-1-3-8/h6-8H,1-5H2. The maximum absolute atomic E-state index is 11.1. The average Bonchev–Trinajstić information content (AvgIpc) is 2.33. The van der Waals surface area contributed by atoms with Crippen molar-refractivity contribution in [3.05, 3.63) is 21.2 Å². The Hall–Kier alpha value is -0.570. The van der Waals surface area contributed by atoms with E-state index < -0.39 is 0 Å². The lowest BCUT2D eigenvalue weighted by molar-refractivity contribution is 0.282. The summed E-state index contributed by atoms with van der Waals surface area (Å²) in [5.74, 6) is 0.900. The smallest absolute Gasteiger partial charge is 0.306 e. The van der Waals surface area contributed by atoms with E-state index in [1.54, 1.807) is 0 Å². The molecule has 0 saturated heterocycles. The van der Waals surface area contributed by atoms with Gasteiger partial charge in [0.05, 0.1) is 0 Å². The van der Waals surface area contributed by atoms with Crippen LogP contribution < -0.4 is 4.87 Å². The Balaban J connectivity index is 1.86. The van der Waals surface area contributed by atoms with Gasteiger partial charge in [-0.15, -0.1) is 0 Å². The van der Waals surface area contributed by atoms with Crippen LogP contribution in [0.1, 0.15) is 25.7 Å². The molecule has 1 aliphatic carbocycles. The average molecular weight is 183 g/mol. The lowest BCUT2D eigenvalue weighted by Gasteiger charge is -2.24. The molecule has 0 N–H and O–H groups in total. The molecule has 0 spiro atoms. The Bertz CT molecular complexity index is 297. The fourth-order valence-electron chi connectivity index (χ4n) is 1.56. The van der Waals surface area contributed by atoms with Crippen LogP contribution in [-0.4, -0.2) is 4.57 Å². The molecule has 1 aromatic rings. The molecule has 2 rings (SSSR count). The van der Waals surface area contributed by atoms with E-state index in [1.807, 2.05) is 16.1 Å². The van der Waals surface area contributed by atoms with E-state index >= 15 is 0 Å². The van der Waals surface area contributed by atoms with Gasteiger partial charge in [-0.2, -0.15) is 0 Å². The highest BCUT2D eigenvalue weighted by Gasteiger charge is 2.16. The largest absolute Gasteiger partial charge is 0.307 e.